The second-order valence-corrected chi connectivity index (χ2v) is 6.25. The summed E-state index contributed by atoms with van der Waals surface area (Å²) in [6, 6.07) is 2.00. The lowest BCUT2D eigenvalue weighted by Gasteiger charge is -2.20. The summed E-state index contributed by atoms with van der Waals surface area (Å²) < 4.78 is 1.10. The number of carbonyl (C=O) groups excluding carboxylic acids is 1. The molecular weight excluding hydrogens is 284 g/mol. The molecule has 1 aliphatic heterocycles. The van der Waals surface area contributed by atoms with Gasteiger partial charge in [-0.05, 0) is 30.7 Å². The van der Waals surface area contributed by atoms with Crippen molar-refractivity contribution in [1.29, 1.82) is 0 Å². The molecule has 0 saturated carbocycles. The van der Waals surface area contributed by atoms with E-state index in [1.54, 1.807) is 17.7 Å². The Morgan fingerprint density at radius 1 is 1.29 bits per heavy atom. The van der Waals surface area contributed by atoms with E-state index in [0.717, 1.165) is 61.4 Å². The Bertz CT molecular complexity index is 612. The van der Waals surface area contributed by atoms with Crippen LogP contribution in [0.4, 0.5) is 5.82 Å². The van der Waals surface area contributed by atoms with E-state index < -0.39 is 0 Å². The Morgan fingerprint density at radius 2 is 2.24 bits per heavy atom. The van der Waals surface area contributed by atoms with Gasteiger partial charge in [0, 0.05) is 26.1 Å². The molecule has 112 valence electrons. The number of amides is 1. The van der Waals surface area contributed by atoms with Gasteiger partial charge in [-0.3, -0.25) is 4.79 Å². The van der Waals surface area contributed by atoms with Crippen molar-refractivity contribution < 1.29 is 4.79 Å². The highest BCUT2D eigenvalue weighted by Gasteiger charge is 2.15. The van der Waals surface area contributed by atoms with Crippen LogP contribution in [-0.4, -0.2) is 40.4 Å². The zero-order valence-corrected chi connectivity index (χ0v) is 12.9. The molecule has 0 atom stereocenters. The largest absolute Gasteiger partial charge is 0.369 e. The van der Waals surface area contributed by atoms with Crippen molar-refractivity contribution in [2.24, 2.45) is 0 Å². The summed E-state index contributed by atoms with van der Waals surface area (Å²) in [4.78, 5) is 22.4. The first-order valence-corrected chi connectivity index (χ1v) is 8.42. The summed E-state index contributed by atoms with van der Waals surface area (Å²) in [7, 11) is 0. The van der Waals surface area contributed by atoms with Crippen LogP contribution in [0.3, 0.4) is 0 Å². The number of nitrogens with one attached hydrogen (secondary N) is 1. The predicted octanol–water partition coefficient (Wildman–Crippen LogP) is 2.90. The van der Waals surface area contributed by atoms with Crippen LogP contribution in [0.25, 0.3) is 10.2 Å². The van der Waals surface area contributed by atoms with Crippen molar-refractivity contribution in [1.82, 2.24) is 14.9 Å². The molecular formula is C15H20N4OS. The topological polar surface area (TPSA) is 58.1 Å². The second kappa shape index (κ2) is 6.85. The molecule has 21 heavy (non-hydrogen) atoms. The smallest absolute Gasteiger partial charge is 0.222 e. The average Bonchev–Trinajstić information content (AvgIpc) is 2.89. The summed E-state index contributed by atoms with van der Waals surface area (Å²) in [5.74, 6) is 1.22. The van der Waals surface area contributed by atoms with Gasteiger partial charge in [0.1, 0.15) is 12.1 Å². The van der Waals surface area contributed by atoms with Crippen molar-refractivity contribution in [3.05, 3.63) is 17.8 Å². The van der Waals surface area contributed by atoms with Gasteiger partial charge in [0.25, 0.3) is 0 Å². The molecule has 0 aromatic carbocycles. The lowest BCUT2D eigenvalue weighted by atomic mass is 10.2. The third kappa shape index (κ3) is 3.50. The summed E-state index contributed by atoms with van der Waals surface area (Å²) in [5.41, 5.74) is 0.986. The molecule has 3 heterocycles. The summed E-state index contributed by atoms with van der Waals surface area (Å²) in [5, 5.41) is 5.39. The molecule has 0 aliphatic carbocycles. The molecule has 0 radical (unpaired) electrons. The van der Waals surface area contributed by atoms with Crippen molar-refractivity contribution in [2.45, 2.75) is 32.1 Å². The van der Waals surface area contributed by atoms with Crippen LogP contribution >= 0.6 is 11.3 Å². The van der Waals surface area contributed by atoms with Gasteiger partial charge in [-0.15, -0.1) is 11.3 Å². The molecule has 1 N–H and O–H groups in total. The standard InChI is InChI=1S/C15H20N4OS/c20-13-5-2-1-3-8-19(13)9-4-7-16-15-14-12(6-10-21-14)17-11-18-15/h6,10-11H,1-5,7-9H2,(H,16,17,18). The van der Waals surface area contributed by atoms with Crippen LogP contribution in [0.1, 0.15) is 32.1 Å². The normalized spacial score (nSPS) is 16.2. The number of carbonyl (C=O) groups is 1. The Kier molecular flexibility index (Phi) is 4.65. The molecule has 3 rings (SSSR count). The molecule has 0 unspecified atom stereocenters. The van der Waals surface area contributed by atoms with Gasteiger partial charge in [0.2, 0.25) is 5.91 Å². The van der Waals surface area contributed by atoms with Crippen LogP contribution in [0.15, 0.2) is 17.8 Å². The Morgan fingerprint density at radius 3 is 3.19 bits per heavy atom. The number of thiophene rings is 1. The Labute approximate surface area is 128 Å². The molecule has 2 aromatic rings. The lowest BCUT2D eigenvalue weighted by Crippen LogP contribution is -2.32. The van der Waals surface area contributed by atoms with Gasteiger partial charge in [-0.25, -0.2) is 9.97 Å². The maximum atomic E-state index is 11.9. The molecule has 1 aliphatic rings. The number of rotatable bonds is 5. The molecule has 1 amide bonds. The van der Waals surface area contributed by atoms with E-state index in [1.165, 1.54) is 6.42 Å². The third-order valence-electron chi connectivity index (χ3n) is 3.81. The summed E-state index contributed by atoms with van der Waals surface area (Å²) in [6.07, 6.45) is 6.62. The number of hydrogen-bond donors (Lipinski definition) is 1. The van der Waals surface area contributed by atoms with Gasteiger partial charge in [-0.2, -0.15) is 0 Å². The SMILES string of the molecule is O=C1CCCCCN1CCCNc1ncnc2ccsc12. The first-order valence-electron chi connectivity index (χ1n) is 7.54. The molecule has 1 saturated heterocycles. The van der Waals surface area contributed by atoms with Gasteiger partial charge in [0.05, 0.1) is 10.2 Å². The molecule has 6 heteroatoms. The highest BCUT2D eigenvalue weighted by atomic mass is 32.1. The quantitative estimate of drug-likeness (QED) is 0.863. The maximum Gasteiger partial charge on any atom is 0.222 e. The van der Waals surface area contributed by atoms with Crippen molar-refractivity contribution in [3.8, 4) is 0 Å². The fourth-order valence-electron chi connectivity index (χ4n) is 2.67. The predicted molar refractivity (Wildman–Crippen MR) is 85.6 cm³/mol. The second-order valence-electron chi connectivity index (χ2n) is 5.33. The van der Waals surface area contributed by atoms with Gasteiger partial charge < -0.3 is 10.2 Å². The van der Waals surface area contributed by atoms with Crippen molar-refractivity contribution in [3.63, 3.8) is 0 Å². The van der Waals surface area contributed by atoms with Crippen LogP contribution in [0, 0.1) is 0 Å². The van der Waals surface area contributed by atoms with Crippen LogP contribution in [-0.2, 0) is 4.79 Å². The van der Waals surface area contributed by atoms with E-state index in [9.17, 15) is 4.79 Å². The van der Waals surface area contributed by atoms with Gasteiger partial charge in [0.15, 0.2) is 0 Å². The molecule has 1 fully saturated rings. The van der Waals surface area contributed by atoms with E-state index in [0.29, 0.717) is 5.91 Å². The third-order valence-corrected chi connectivity index (χ3v) is 4.72. The molecule has 5 nitrogen and oxygen atoms in total. The molecule has 0 spiro atoms. The maximum absolute atomic E-state index is 11.9. The van der Waals surface area contributed by atoms with Crippen LogP contribution < -0.4 is 5.32 Å². The van der Waals surface area contributed by atoms with Crippen LogP contribution in [0.2, 0.25) is 0 Å². The number of nitrogens with zero attached hydrogens (tertiary/aromatic N) is 3. The zero-order valence-electron chi connectivity index (χ0n) is 12.0. The minimum atomic E-state index is 0.315. The first kappa shape index (κ1) is 14.3. The van der Waals surface area contributed by atoms with Gasteiger partial charge in [-0.1, -0.05) is 6.42 Å². The Hall–Kier alpha value is -1.69. The number of likely N-dealkylation sites (tertiary alicyclic amines) is 1. The highest BCUT2D eigenvalue weighted by Crippen LogP contribution is 2.24. The molecule has 0 bridgehead atoms. The van der Waals surface area contributed by atoms with Crippen molar-refractivity contribution in [2.75, 3.05) is 25.0 Å². The zero-order chi connectivity index (χ0) is 14.5. The fraction of sp³-hybridized carbons (Fsp3) is 0.533. The van der Waals surface area contributed by atoms with E-state index >= 15 is 0 Å². The van der Waals surface area contributed by atoms with Crippen LogP contribution in [0.5, 0.6) is 0 Å². The van der Waals surface area contributed by atoms with E-state index in [1.807, 2.05) is 16.3 Å². The number of hydrogen-bond acceptors (Lipinski definition) is 5. The first-order chi connectivity index (χ1) is 10.3. The summed E-state index contributed by atoms with van der Waals surface area (Å²) in [6.45, 7) is 2.58. The molecule has 2 aromatic heterocycles. The number of anilines is 1. The lowest BCUT2D eigenvalue weighted by molar-refractivity contribution is -0.130. The van der Waals surface area contributed by atoms with E-state index in [4.69, 9.17) is 0 Å². The number of fused-ring (bicyclic) bond motifs is 1. The minimum Gasteiger partial charge on any atom is -0.369 e. The van der Waals surface area contributed by atoms with E-state index in [-0.39, 0.29) is 0 Å². The highest BCUT2D eigenvalue weighted by molar-refractivity contribution is 7.17. The summed E-state index contributed by atoms with van der Waals surface area (Å²) >= 11 is 1.65. The monoisotopic (exact) mass is 304 g/mol. The van der Waals surface area contributed by atoms with Gasteiger partial charge >= 0.3 is 0 Å². The van der Waals surface area contributed by atoms with Crippen molar-refractivity contribution >= 4 is 33.3 Å². The minimum absolute atomic E-state index is 0.315. The average molecular weight is 304 g/mol. The number of aromatic nitrogens is 2. The van der Waals surface area contributed by atoms with E-state index in [2.05, 4.69) is 15.3 Å². The Balaban J connectivity index is 1.50. The fourth-order valence-corrected chi connectivity index (χ4v) is 3.48.